The molecule has 0 N–H and O–H groups in total. The first kappa shape index (κ1) is 28.8. The molecule has 2 aromatic heterocycles. The highest BCUT2D eigenvalue weighted by molar-refractivity contribution is 7.99. The minimum atomic E-state index is -0.222. The van der Waals surface area contributed by atoms with Crippen molar-refractivity contribution in [3.8, 4) is 17.1 Å². The molecule has 5 rings (SSSR count). The van der Waals surface area contributed by atoms with Gasteiger partial charge in [0.25, 0.3) is 5.56 Å². The minimum Gasteiger partial charge on any atom is -0.494 e. The molecule has 41 heavy (non-hydrogen) atoms. The Balaban J connectivity index is 1.60. The Morgan fingerprint density at radius 2 is 1.66 bits per heavy atom. The number of fused-ring (bicyclic) bond motifs is 1. The number of thioether (sulfide) groups is 1. The minimum absolute atomic E-state index is 0.0680. The summed E-state index contributed by atoms with van der Waals surface area (Å²) >= 11 is 8.19. The first-order valence-corrected chi connectivity index (χ1v) is 15.5. The molecule has 0 spiro atoms. The van der Waals surface area contributed by atoms with Crippen molar-refractivity contribution in [2.45, 2.75) is 32.9 Å². The summed E-state index contributed by atoms with van der Waals surface area (Å²) in [5.41, 5.74) is 4.72. The Morgan fingerprint density at radius 1 is 0.976 bits per heavy atom. The van der Waals surface area contributed by atoms with Gasteiger partial charge >= 0.3 is 0 Å². The summed E-state index contributed by atoms with van der Waals surface area (Å²) in [5.74, 6) is 0.793. The summed E-state index contributed by atoms with van der Waals surface area (Å²) in [7, 11) is 0. The molecule has 0 aliphatic rings. The zero-order valence-corrected chi connectivity index (χ0v) is 25.7. The summed E-state index contributed by atoms with van der Waals surface area (Å²) in [6.07, 6.45) is 0. The first-order chi connectivity index (χ1) is 19.8. The van der Waals surface area contributed by atoms with E-state index in [-0.39, 0.29) is 17.2 Å². The topological polar surface area (TPSA) is 69.4 Å². The second-order valence-corrected chi connectivity index (χ2v) is 12.0. The van der Waals surface area contributed by atoms with Crippen LogP contribution < -0.4 is 15.2 Å². The maximum atomic E-state index is 14.0. The van der Waals surface area contributed by atoms with E-state index in [2.05, 4.69) is 0 Å². The van der Waals surface area contributed by atoms with E-state index in [0.717, 1.165) is 28.3 Å². The predicted octanol–water partition coefficient (Wildman–Crippen LogP) is 7.13. The summed E-state index contributed by atoms with van der Waals surface area (Å²) in [6, 6.07) is 23.1. The lowest BCUT2D eigenvalue weighted by Gasteiger charge is -2.21. The Hall–Kier alpha value is -3.73. The van der Waals surface area contributed by atoms with Gasteiger partial charge in [0.1, 0.15) is 10.4 Å². The molecule has 0 atom stereocenters. The fourth-order valence-electron chi connectivity index (χ4n) is 4.54. The second kappa shape index (κ2) is 12.4. The van der Waals surface area contributed by atoms with E-state index < -0.39 is 0 Å². The molecule has 1 amide bonds. The number of thiazole rings is 1. The zero-order valence-electron chi connectivity index (χ0n) is 23.3. The SMILES string of the molecule is CCOc1ccc(-n2c(=S)sc3c(=O)n(-c4ccc(C)cc4)c(SCC(=O)N(CC)c4cccc(C)c4)nc32)cc1. The zero-order chi connectivity index (χ0) is 29.1. The third kappa shape index (κ3) is 6.00. The van der Waals surface area contributed by atoms with Crippen molar-refractivity contribution in [2.24, 2.45) is 0 Å². The van der Waals surface area contributed by atoms with Gasteiger partial charge in [0.15, 0.2) is 14.8 Å². The lowest BCUT2D eigenvalue weighted by atomic mass is 10.2. The van der Waals surface area contributed by atoms with Crippen molar-refractivity contribution in [2.75, 3.05) is 23.8 Å². The van der Waals surface area contributed by atoms with Crippen LogP contribution in [-0.2, 0) is 4.79 Å². The van der Waals surface area contributed by atoms with E-state index >= 15 is 0 Å². The maximum Gasteiger partial charge on any atom is 0.278 e. The van der Waals surface area contributed by atoms with Crippen molar-refractivity contribution in [1.82, 2.24) is 14.1 Å². The van der Waals surface area contributed by atoms with E-state index in [1.54, 1.807) is 9.47 Å². The van der Waals surface area contributed by atoms with E-state index in [9.17, 15) is 9.59 Å². The van der Waals surface area contributed by atoms with Gasteiger partial charge in [-0.3, -0.25) is 18.7 Å². The van der Waals surface area contributed by atoms with E-state index in [1.165, 1.54) is 23.1 Å². The number of anilines is 1. The van der Waals surface area contributed by atoms with Crippen LogP contribution in [0.1, 0.15) is 25.0 Å². The van der Waals surface area contributed by atoms with E-state index in [4.69, 9.17) is 21.9 Å². The summed E-state index contributed by atoms with van der Waals surface area (Å²) in [4.78, 5) is 34.2. The van der Waals surface area contributed by atoms with Gasteiger partial charge in [0, 0.05) is 17.9 Å². The molecule has 0 fully saturated rings. The van der Waals surface area contributed by atoms with Crippen LogP contribution in [0.5, 0.6) is 5.75 Å². The Kier molecular flexibility index (Phi) is 8.72. The summed E-state index contributed by atoms with van der Waals surface area (Å²) in [6.45, 7) is 8.98. The van der Waals surface area contributed by atoms with Crippen LogP contribution in [0.3, 0.4) is 0 Å². The van der Waals surface area contributed by atoms with Crippen molar-refractivity contribution in [1.29, 1.82) is 0 Å². The maximum absolute atomic E-state index is 14.0. The number of hydrogen-bond acceptors (Lipinski definition) is 7. The number of nitrogens with zero attached hydrogens (tertiary/aromatic N) is 4. The van der Waals surface area contributed by atoms with Crippen LogP contribution in [0.15, 0.2) is 82.7 Å². The van der Waals surface area contributed by atoms with Crippen LogP contribution in [-0.4, -0.2) is 38.9 Å². The van der Waals surface area contributed by atoms with Crippen molar-refractivity contribution in [3.05, 3.63) is 98.2 Å². The van der Waals surface area contributed by atoms with Gasteiger partial charge < -0.3 is 9.64 Å². The quantitative estimate of drug-likeness (QED) is 0.102. The van der Waals surface area contributed by atoms with Crippen LogP contribution in [0.4, 0.5) is 5.69 Å². The number of aryl methyl sites for hydroxylation is 2. The molecule has 3 aromatic carbocycles. The molecule has 0 aliphatic carbocycles. The van der Waals surface area contributed by atoms with Crippen LogP contribution in [0.2, 0.25) is 0 Å². The second-order valence-electron chi connectivity index (χ2n) is 9.42. The normalized spacial score (nSPS) is 11.1. The molecule has 5 aromatic rings. The molecule has 0 unspecified atom stereocenters. The molecular weight excluding hydrogens is 573 g/mol. The lowest BCUT2D eigenvalue weighted by Crippen LogP contribution is -2.32. The molecule has 0 bridgehead atoms. The van der Waals surface area contributed by atoms with Gasteiger partial charge in [-0.25, -0.2) is 4.98 Å². The Bertz CT molecular complexity index is 1820. The Labute approximate surface area is 252 Å². The van der Waals surface area contributed by atoms with Crippen LogP contribution in [0.25, 0.3) is 21.7 Å². The highest BCUT2D eigenvalue weighted by atomic mass is 32.2. The molecule has 210 valence electrons. The molecule has 2 heterocycles. The fraction of sp³-hybridized carbons (Fsp3) is 0.226. The third-order valence-corrected chi connectivity index (χ3v) is 8.80. The van der Waals surface area contributed by atoms with E-state index in [0.29, 0.717) is 38.3 Å². The monoisotopic (exact) mass is 602 g/mol. The molecule has 0 radical (unpaired) electrons. The molecule has 0 saturated carbocycles. The summed E-state index contributed by atoms with van der Waals surface area (Å²) in [5, 5.41) is 0.424. The summed E-state index contributed by atoms with van der Waals surface area (Å²) < 4.78 is 9.94. The lowest BCUT2D eigenvalue weighted by molar-refractivity contribution is -0.116. The number of ether oxygens (including phenoxy) is 1. The number of benzene rings is 3. The van der Waals surface area contributed by atoms with Gasteiger partial charge in [0.05, 0.1) is 18.0 Å². The van der Waals surface area contributed by atoms with Gasteiger partial charge in [0.2, 0.25) is 5.91 Å². The number of amides is 1. The molecule has 0 saturated heterocycles. The molecule has 0 aliphatic heterocycles. The molecular formula is C31H30N4O3S3. The average Bonchev–Trinajstić information content (AvgIpc) is 3.30. The standard InChI is InChI=1S/C31H30N4O3S3/c1-5-33(24-9-7-8-21(4)18-24)26(36)19-40-30-32-28-27(29(37)35(30)23-12-10-20(3)11-13-23)41-31(39)34(28)22-14-16-25(17-15-22)38-6-2/h7-18H,5-6,19H2,1-4H3. The average molecular weight is 603 g/mol. The van der Waals surface area contributed by atoms with Gasteiger partial charge in [-0.15, -0.1) is 0 Å². The molecule has 7 nitrogen and oxygen atoms in total. The highest BCUT2D eigenvalue weighted by Gasteiger charge is 2.21. The number of carbonyl (C=O) groups excluding carboxylic acids is 1. The predicted molar refractivity (Wildman–Crippen MR) is 171 cm³/mol. The van der Waals surface area contributed by atoms with Crippen molar-refractivity contribution < 1.29 is 9.53 Å². The van der Waals surface area contributed by atoms with Gasteiger partial charge in [-0.2, -0.15) is 0 Å². The highest BCUT2D eigenvalue weighted by Crippen LogP contribution is 2.29. The van der Waals surface area contributed by atoms with Crippen LogP contribution in [0, 0.1) is 17.8 Å². The van der Waals surface area contributed by atoms with Gasteiger partial charge in [-0.05, 0) is 94.0 Å². The fourth-order valence-corrected chi connectivity index (χ4v) is 6.73. The number of rotatable bonds is 9. The first-order valence-electron chi connectivity index (χ1n) is 13.3. The number of carbonyl (C=O) groups is 1. The van der Waals surface area contributed by atoms with Crippen molar-refractivity contribution >= 4 is 57.3 Å². The van der Waals surface area contributed by atoms with Crippen LogP contribution >= 0.6 is 35.3 Å². The van der Waals surface area contributed by atoms with Crippen molar-refractivity contribution in [3.63, 3.8) is 0 Å². The molecule has 10 heteroatoms. The number of aromatic nitrogens is 3. The largest absolute Gasteiger partial charge is 0.494 e. The van der Waals surface area contributed by atoms with E-state index in [1.807, 2.05) is 105 Å². The number of hydrogen-bond donors (Lipinski definition) is 0. The smallest absolute Gasteiger partial charge is 0.278 e. The van der Waals surface area contributed by atoms with Gasteiger partial charge in [-0.1, -0.05) is 52.9 Å². The third-order valence-electron chi connectivity index (χ3n) is 6.53. The Morgan fingerprint density at radius 3 is 2.32 bits per heavy atom.